The van der Waals surface area contributed by atoms with Crippen LogP contribution in [0.25, 0.3) is 0 Å². The molecule has 1 saturated heterocycles. The first-order valence-electron chi connectivity index (χ1n) is 8.56. The summed E-state index contributed by atoms with van der Waals surface area (Å²) in [5.74, 6) is -0.439. The van der Waals surface area contributed by atoms with Gasteiger partial charge in [0.1, 0.15) is 5.82 Å². The highest BCUT2D eigenvalue weighted by atomic mass is 35.5. The Morgan fingerprint density at radius 2 is 1.38 bits per heavy atom. The van der Waals surface area contributed by atoms with Gasteiger partial charge in [0.05, 0.1) is 12.8 Å². The number of amides is 2. The molecule has 3 rings (SSSR count). The van der Waals surface area contributed by atoms with Crippen LogP contribution < -0.4 is 0 Å². The second-order valence-corrected chi connectivity index (χ2v) is 6.77. The number of hydrogen-bond acceptors (Lipinski definition) is 2. The molecule has 0 saturated carbocycles. The summed E-state index contributed by atoms with van der Waals surface area (Å²) in [6.07, 6.45) is 0.367. The molecule has 0 aromatic heterocycles. The first-order valence-corrected chi connectivity index (χ1v) is 8.94. The zero-order chi connectivity index (χ0) is 18.5. The van der Waals surface area contributed by atoms with E-state index in [4.69, 9.17) is 11.6 Å². The maximum atomic E-state index is 13.7. The Morgan fingerprint density at radius 3 is 1.96 bits per heavy atom. The van der Waals surface area contributed by atoms with Crippen molar-refractivity contribution in [1.29, 1.82) is 0 Å². The van der Waals surface area contributed by atoms with Gasteiger partial charge in [0.2, 0.25) is 11.8 Å². The highest BCUT2D eigenvalue weighted by molar-refractivity contribution is 6.30. The standard InChI is InChI=1S/C20H20ClFN2O2/c21-17-7-5-15(6-8-17)13-19(25)23-9-11-24(12-10-23)20(26)14-16-3-1-2-4-18(16)22/h1-8H,9-14H2. The first-order chi connectivity index (χ1) is 12.5. The lowest BCUT2D eigenvalue weighted by Crippen LogP contribution is -2.51. The number of carbonyl (C=O) groups excluding carboxylic acids is 2. The molecule has 2 amide bonds. The summed E-state index contributed by atoms with van der Waals surface area (Å²) in [4.78, 5) is 28.2. The van der Waals surface area contributed by atoms with Gasteiger partial charge in [-0.05, 0) is 29.3 Å². The van der Waals surface area contributed by atoms with Crippen molar-refractivity contribution >= 4 is 23.4 Å². The van der Waals surface area contributed by atoms with E-state index < -0.39 is 0 Å². The molecule has 0 atom stereocenters. The van der Waals surface area contributed by atoms with Crippen molar-refractivity contribution in [3.63, 3.8) is 0 Å². The Morgan fingerprint density at radius 1 is 0.846 bits per heavy atom. The minimum atomic E-state index is -0.363. The second-order valence-electron chi connectivity index (χ2n) is 6.33. The summed E-state index contributed by atoms with van der Waals surface area (Å²) in [5.41, 5.74) is 1.32. The maximum Gasteiger partial charge on any atom is 0.227 e. The van der Waals surface area contributed by atoms with Crippen molar-refractivity contribution in [2.45, 2.75) is 12.8 Å². The second kappa shape index (κ2) is 8.32. The Balaban J connectivity index is 1.50. The minimum absolute atomic E-state index is 0.0357. The largest absolute Gasteiger partial charge is 0.339 e. The molecule has 2 aromatic carbocycles. The summed E-state index contributed by atoms with van der Waals surface area (Å²) in [7, 11) is 0. The van der Waals surface area contributed by atoms with Gasteiger partial charge in [0.15, 0.2) is 0 Å². The van der Waals surface area contributed by atoms with Crippen LogP contribution in [0.4, 0.5) is 4.39 Å². The Kier molecular flexibility index (Phi) is 5.89. The lowest BCUT2D eigenvalue weighted by atomic mass is 10.1. The molecule has 1 heterocycles. The molecule has 136 valence electrons. The zero-order valence-electron chi connectivity index (χ0n) is 14.3. The van der Waals surface area contributed by atoms with Crippen molar-refractivity contribution in [3.05, 3.63) is 70.5 Å². The van der Waals surface area contributed by atoms with Gasteiger partial charge >= 0.3 is 0 Å². The average Bonchev–Trinajstić information content (AvgIpc) is 2.65. The molecule has 4 nitrogen and oxygen atoms in total. The van der Waals surface area contributed by atoms with E-state index in [1.807, 2.05) is 12.1 Å². The van der Waals surface area contributed by atoms with Crippen molar-refractivity contribution < 1.29 is 14.0 Å². The van der Waals surface area contributed by atoms with Crippen LogP contribution in [-0.4, -0.2) is 47.8 Å². The number of hydrogen-bond donors (Lipinski definition) is 0. The predicted molar refractivity (Wildman–Crippen MR) is 98.4 cm³/mol. The van der Waals surface area contributed by atoms with Crippen LogP contribution in [0.3, 0.4) is 0 Å². The van der Waals surface area contributed by atoms with E-state index in [-0.39, 0.29) is 24.1 Å². The molecule has 0 radical (unpaired) electrons. The van der Waals surface area contributed by atoms with Crippen LogP contribution in [0.5, 0.6) is 0 Å². The molecule has 26 heavy (non-hydrogen) atoms. The summed E-state index contributed by atoms with van der Waals surface area (Å²) < 4.78 is 13.7. The quantitative estimate of drug-likeness (QED) is 0.825. The third-order valence-corrected chi connectivity index (χ3v) is 4.81. The third kappa shape index (κ3) is 4.61. The van der Waals surface area contributed by atoms with Gasteiger partial charge in [-0.3, -0.25) is 9.59 Å². The SMILES string of the molecule is O=C(Cc1ccc(Cl)cc1)N1CCN(C(=O)Cc2ccccc2F)CC1. The smallest absolute Gasteiger partial charge is 0.227 e. The van der Waals surface area contributed by atoms with Crippen LogP contribution in [0, 0.1) is 5.82 Å². The number of piperazine rings is 1. The van der Waals surface area contributed by atoms with Crippen molar-refractivity contribution in [1.82, 2.24) is 9.80 Å². The molecule has 0 N–H and O–H groups in total. The van der Waals surface area contributed by atoms with E-state index in [0.29, 0.717) is 43.2 Å². The zero-order valence-corrected chi connectivity index (χ0v) is 15.1. The fourth-order valence-electron chi connectivity index (χ4n) is 3.01. The van der Waals surface area contributed by atoms with Gasteiger partial charge in [-0.15, -0.1) is 0 Å². The van der Waals surface area contributed by atoms with Gasteiger partial charge in [0, 0.05) is 31.2 Å². The molecule has 1 aliphatic heterocycles. The van der Waals surface area contributed by atoms with Crippen LogP contribution in [0.2, 0.25) is 5.02 Å². The summed E-state index contributed by atoms with van der Waals surface area (Å²) in [6.45, 7) is 1.93. The molecule has 6 heteroatoms. The first kappa shape index (κ1) is 18.4. The Bertz CT molecular complexity index is 787. The minimum Gasteiger partial charge on any atom is -0.339 e. The van der Waals surface area contributed by atoms with Crippen molar-refractivity contribution in [2.24, 2.45) is 0 Å². The monoisotopic (exact) mass is 374 g/mol. The fraction of sp³-hybridized carbons (Fsp3) is 0.300. The fourth-order valence-corrected chi connectivity index (χ4v) is 3.14. The number of nitrogens with zero attached hydrogens (tertiary/aromatic N) is 2. The number of carbonyl (C=O) groups is 2. The topological polar surface area (TPSA) is 40.6 Å². The summed E-state index contributed by atoms with van der Waals surface area (Å²) in [6, 6.07) is 13.5. The number of benzene rings is 2. The highest BCUT2D eigenvalue weighted by Crippen LogP contribution is 2.13. The molecule has 1 aliphatic rings. The van der Waals surface area contributed by atoms with Crippen LogP contribution in [-0.2, 0) is 22.4 Å². The van der Waals surface area contributed by atoms with Crippen LogP contribution in [0.1, 0.15) is 11.1 Å². The van der Waals surface area contributed by atoms with E-state index in [1.54, 1.807) is 40.1 Å². The normalized spacial score (nSPS) is 14.4. The molecule has 0 aliphatic carbocycles. The Hall–Kier alpha value is -2.40. The van der Waals surface area contributed by atoms with Gasteiger partial charge in [-0.1, -0.05) is 41.9 Å². The molecule has 0 bridgehead atoms. The van der Waals surface area contributed by atoms with E-state index in [9.17, 15) is 14.0 Å². The van der Waals surface area contributed by atoms with Crippen molar-refractivity contribution in [3.8, 4) is 0 Å². The molecule has 0 spiro atoms. The van der Waals surface area contributed by atoms with Gasteiger partial charge in [-0.2, -0.15) is 0 Å². The van der Waals surface area contributed by atoms with Crippen LogP contribution in [0.15, 0.2) is 48.5 Å². The molecule has 2 aromatic rings. The van der Waals surface area contributed by atoms with E-state index in [2.05, 4.69) is 0 Å². The van der Waals surface area contributed by atoms with Crippen LogP contribution >= 0.6 is 11.6 Å². The molecule has 1 fully saturated rings. The lowest BCUT2D eigenvalue weighted by molar-refractivity contribution is -0.138. The summed E-state index contributed by atoms with van der Waals surface area (Å²) >= 11 is 5.85. The lowest BCUT2D eigenvalue weighted by Gasteiger charge is -2.35. The third-order valence-electron chi connectivity index (χ3n) is 4.55. The highest BCUT2D eigenvalue weighted by Gasteiger charge is 2.24. The average molecular weight is 375 g/mol. The Labute approximate surface area is 157 Å². The number of halogens is 2. The number of rotatable bonds is 4. The van der Waals surface area contributed by atoms with E-state index in [0.717, 1.165) is 5.56 Å². The molecule has 0 unspecified atom stereocenters. The van der Waals surface area contributed by atoms with E-state index in [1.165, 1.54) is 6.07 Å². The van der Waals surface area contributed by atoms with E-state index >= 15 is 0 Å². The predicted octanol–water partition coefficient (Wildman–Crippen LogP) is 2.94. The summed E-state index contributed by atoms with van der Waals surface area (Å²) in [5, 5.41) is 0.642. The van der Waals surface area contributed by atoms with Gasteiger partial charge in [-0.25, -0.2) is 4.39 Å². The molecular weight excluding hydrogens is 355 g/mol. The maximum absolute atomic E-state index is 13.7. The molecular formula is C20H20ClFN2O2. The van der Waals surface area contributed by atoms with Gasteiger partial charge in [0.25, 0.3) is 0 Å². The van der Waals surface area contributed by atoms with Crippen molar-refractivity contribution in [2.75, 3.05) is 26.2 Å². The van der Waals surface area contributed by atoms with Gasteiger partial charge < -0.3 is 9.80 Å².